The van der Waals surface area contributed by atoms with Crippen molar-refractivity contribution in [2.24, 2.45) is 0 Å². The van der Waals surface area contributed by atoms with Gasteiger partial charge in [0.1, 0.15) is 5.60 Å². The summed E-state index contributed by atoms with van der Waals surface area (Å²) in [7, 11) is 0. The van der Waals surface area contributed by atoms with Crippen LogP contribution in [0, 0.1) is 6.92 Å². The van der Waals surface area contributed by atoms with Crippen molar-refractivity contribution in [3.63, 3.8) is 0 Å². The lowest BCUT2D eigenvalue weighted by Gasteiger charge is -2.37. The van der Waals surface area contributed by atoms with E-state index < -0.39 is 5.60 Å². The number of amides is 1. The number of rotatable bonds is 1. The first-order valence-corrected chi connectivity index (χ1v) is 6.53. The van der Waals surface area contributed by atoms with Gasteiger partial charge >= 0.3 is 0 Å². The Bertz CT molecular complexity index is 395. The molecule has 0 radical (unpaired) electrons. The molecule has 1 aliphatic heterocycles. The normalized spacial score (nSPS) is 18.1. The van der Waals surface area contributed by atoms with Crippen molar-refractivity contribution in [3.8, 4) is 0 Å². The van der Waals surface area contributed by atoms with Crippen LogP contribution in [-0.4, -0.2) is 24.7 Å². The molecule has 1 fully saturated rings. The van der Waals surface area contributed by atoms with Crippen molar-refractivity contribution in [3.05, 3.63) is 29.8 Å². The molecule has 0 unspecified atom stereocenters. The number of ether oxygens (including phenoxy) is 1. The van der Waals surface area contributed by atoms with Crippen molar-refractivity contribution >= 4 is 11.6 Å². The Morgan fingerprint density at radius 1 is 1.17 bits per heavy atom. The summed E-state index contributed by atoms with van der Waals surface area (Å²) in [4.78, 5) is 13.9. The number of aryl methyl sites for hydroxylation is 1. The number of morpholine rings is 1. The molecule has 0 N–H and O–H groups in total. The summed E-state index contributed by atoms with van der Waals surface area (Å²) >= 11 is 0. The van der Waals surface area contributed by atoms with Crippen LogP contribution in [0.2, 0.25) is 0 Å². The summed E-state index contributed by atoms with van der Waals surface area (Å²) in [5.41, 5.74) is 1.44. The fourth-order valence-corrected chi connectivity index (χ4v) is 1.85. The molecule has 0 saturated carbocycles. The van der Waals surface area contributed by atoms with E-state index in [0.29, 0.717) is 13.2 Å². The van der Waals surface area contributed by atoms with Crippen LogP contribution in [0.25, 0.3) is 0 Å². The van der Waals surface area contributed by atoms with Crippen molar-refractivity contribution in [2.45, 2.75) is 40.2 Å². The van der Waals surface area contributed by atoms with Crippen molar-refractivity contribution in [1.29, 1.82) is 0 Å². The van der Waals surface area contributed by atoms with Crippen LogP contribution in [0.4, 0.5) is 5.69 Å². The molecule has 2 rings (SSSR count). The molecule has 1 aromatic rings. The summed E-state index contributed by atoms with van der Waals surface area (Å²) in [6.07, 6.45) is 0. The van der Waals surface area contributed by atoms with Gasteiger partial charge in [0.2, 0.25) is 0 Å². The number of hydrogen-bond donors (Lipinski definition) is 0. The highest BCUT2D eigenvalue weighted by molar-refractivity contribution is 5.99. The third-order valence-electron chi connectivity index (χ3n) is 2.88. The van der Waals surface area contributed by atoms with Crippen LogP contribution < -0.4 is 4.90 Å². The first-order chi connectivity index (χ1) is 8.50. The summed E-state index contributed by atoms with van der Waals surface area (Å²) in [5, 5.41) is 0. The van der Waals surface area contributed by atoms with Gasteiger partial charge in [0.05, 0.1) is 6.61 Å². The maximum Gasteiger partial charge on any atom is 0.258 e. The van der Waals surface area contributed by atoms with Gasteiger partial charge < -0.3 is 9.64 Å². The maximum absolute atomic E-state index is 12.1. The summed E-state index contributed by atoms with van der Waals surface area (Å²) in [6, 6.07) is 8.00. The second-order valence-electron chi connectivity index (χ2n) is 4.65. The molecular weight excluding hydrogens is 226 g/mol. The average Bonchev–Trinajstić information content (AvgIpc) is 2.36. The average molecular weight is 249 g/mol. The first kappa shape index (κ1) is 14.7. The molecule has 0 aliphatic carbocycles. The number of anilines is 1. The highest BCUT2D eigenvalue weighted by Crippen LogP contribution is 2.24. The lowest BCUT2D eigenvalue weighted by atomic mass is 10.1. The lowest BCUT2D eigenvalue weighted by Crippen LogP contribution is -2.53. The number of benzene rings is 1. The SMILES string of the molecule is CC.Cc1ccc(N2CCOC(C)(C)C2=O)cc1. The minimum atomic E-state index is -0.705. The van der Waals surface area contributed by atoms with Crippen LogP contribution in [0.15, 0.2) is 24.3 Å². The van der Waals surface area contributed by atoms with Gasteiger partial charge in [-0.05, 0) is 32.9 Å². The molecule has 3 heteroatoms. The Kier molecular flexibility index (Phi) is 4.91. The number of carbonyl (C=O) groups is 1. The molecule has 0 atom stereocenters. The number of carbonyl (C=O) groups excluding carboxylic acids is 1. The van der Waals surface area contributed by atoms with E-state index in [4.69, 9.17) is 4.74 Å². The molecule has 1 aromatic carbocycles. The van der Waals surface area contributed by atoms with Crippen LogP contribution >= 0.6 is 0 Å². The number of hydrogen-bond acceptors (Lipinski definition) is 2. The molecule has 18 heavy (non-hydrogen) atoms. The largest absolute Gasteiger partial charge is 0.364 e. The van der Waals surface area contributed by atoms with E-state index in [1.54, 1.807) is 4.90 Å². The Balaban J connectivity index is 0.000000771. The third kappa shape index (κ3) is 3.10. The standard InChI is InChI=1S/C13H17NO2.C2H6/c1-10-4-6-11(7-5-10)14-8-9-16-13(2,3)12(14)15;1-2/h4-7H,8-9H2,1-3H3;1-2H3. The summed E-state index contributed by atoms with van der Waals surface area (Å²) in [5.74, 6) is 0.0302. The van der Waals surface area contributed by atoms with Gasteiger partial charge in [-0.3, -0.25) is 4.79 Å². The van der Waals surface area contributed by atoms with Gasteiger partial charge in [0.25, 0.3) is 5.91 Å². The van der Waals surface area contributed by atoms with Crippen molar-refractivity contribution in [2.75, 3.05) is 18.1 Å². The van der Waals surface area contributed by atoms with Gasteiger partial charge in [0, 0.05) is 12.2 Å². The van der Waals surface area contributed by atoms with Crippen LogP contribution in [0.5, 0.6) is 0 Å². The molecule has 0 spiro atoms. The number of nitrogens with zero attached hydrogens (tertiary/aromatic N) is 1. The van der Waals surface area contributed by atoms with Gasteiger partial charge in [-0.2, -0.15) is 0 Å². The van der Waals surface area contributed by atoms with Gasteiger partial charge in [-0.15, -0.1) is 0 Å². The van der Waals surface area contributed by atoms with E-state index in [9.17, 15) is 4.79 Å². The van der Waals surface area contributed by atoms with Gasteiger partial charge in [-0.25, -0.2) is 0 Å². The maximum atomic E-state index is 12.1. The smallest absolute Gasteiger partial charge is 0.258 e. The van der Waals surface area contributed by atoms with E-state index >= 15 is 0 Å². The molecule has 100 valence electrons. The molecule has 1 aliphatic rings. The monoisotopic (exact) mass is 249 g/mol. The zero-order chi connectivity index (χ0) is 13.8. The molecule has 0 aromatic heterocycles. The Labute approximate surface area is 110 Å². The van der Waals surface area contributed by atoms with E-state index in [2.05, 4.69) is 0 Å². The zero-order valence-corrected chi connectivity index (χ0v) is 12.0. The quantitative estimate of drug-likeness (QED) is 0.765. The van der Waals surface area contributed by atoms with Gasteiger partial charge in [-0.1, -0.05) is 31.5 Å². The fraction of sp³-hybridized carbons (Fsp3) is 0.533. The Morgan fingerprint density at radius 3 is 2.28 bits per heavy atom. The van der Waals surface area contributed by atoms with E-state index in [1.165, 1.54) is 5.56 Å². The van der Waals surface area contributed by atoms with Crippen molar-refractivity contribution in [1.82, 2.24) is 0 Å². The lowest BCUT2D eigenvalue weighted by molar-refractivity contribution is -0.144. The molecule has 1 saturated heterocycles. The Hall–Kier alpha value is -1.35. The summed E-state index contributed by atoms with van der Waals surface area (Å²) < 4.78 is 5.46. The topological polar surface area (TPSA) is 29.5 Å². The van der Waals surface area contributed by atoms with Crippen LogP contribution in [0.1, 0.15) is 33.3 Å². The first-order valence-electron chi connectivity index (χ1n) is 6.53. The predicted octanol–water partition coefficient (Wildman–Crippen LogP) is 3.16. The molecule has 1 heterocycles. The second kappa shape index (κ2) is 6.01. The van der Waals surface area contributed by atoms with E-state index in [-0.39, 0.29) is 5.91 Å². The highest BCUT2D eigenvalue weighted by atomic mass is 16.5. The minimum absolute atomic E-state index is 0.0302. The third-order valence-corrected chi connectivity index (χ3v) is 2.88. The highest BCUT2D eigenvalue weighted by Gasteiger charge is 2.37. The summed E-state index contributed by atoms with van der Waals surface area (Å²) in [6.45, 7) is 10.9. The van der Waals surface area contributed by atoms with E-state index in [0.717, 1.165) is 5.69 Å². The molecular formula is C15H23NO2. The molecule has 1 amide bonds. The van der Waals surface area contributed by atoms with Crippen molar-refractivity contribution < 1.29 is 9.53 Å². The molecule has 0 bridgehead atoms. The zero-order valence-electron chi connectivity index (χ0n) is 12.0. The molecule has 3 nitrogen and oxygen atoms in total. The van der Waals surface area contributed by atoms with E-state index in [1.807, 2.05) is 58.9 Å². The fourth-order valence-electron chi connectivity index (χ4n) is 1.85. The van der Waals surface area contributed by atoms with Crippen LogP contribution in [-0.2, 0) is 9.53 Å². The van der Waals surface area contributed by atoms with Gasteiger partial charge in [0.15, 0.2) is 0 Å². The minimum Gasteiger partial charge on any atom is -0.364 e. The Morgan fingerprint density at radius 2 is 1.72 bits per heavy atom. The predicted molar refractivity (Wildman–Crippen MR) is 74.9 cm³/mol. The van der Waals surface area contributed by atoms with Crippen LogP contribution in [0.3, 0.4) is 0 Å². The second-order valence-corrected chi connectivity index (χ2v) is 4.65.